The third-order valence-corrected chi connectivity index (χ3v) is 5.63. The van der Waals surface area contributed by atoms with Crippen molar-refractivity contribution in [3.63, 3.8) is 0 Å². The van der Waals surface area contributed by atoms with Crippen LogP contribution in [0.1, 0.15) is 18.2 Å². The van der Waals surface area contributed by atoms with Gasteiger partial charge in [-0.25, -0.2) is 13.9 Å². The average Bonchev–Trinajstić information content (AvgIpc) is 2.71. The Morgan fingerprint density at radius 1 is 1.19 bits per heavy atom. The van der Waals surface area contributed by atoms with Gasteiger partial charge in [-0.1, -0.05) is 0 Å². The molecule has 7 N–H and O–H groups in total. The number of hydrogen-bond acceptors (Lipinski definition) is 7. The Balaban J connectivity index is 2.34. The first-order valence-electron chi connectivity index (χ1n) is 8.97. The summed E-state index contributed by atoms with van der Waals surface area (Å²) in [6.07, 6.45) is -0.0228. The number of pyridine rings is 1. The van der Waals surface area contributed by atoms with Gasteiger partial charge in [0.15, 0.2) is 0 Å². The van der Waals surface area contributed by atoms with Gasteiger partial charge < -0.3 is 16.2 Å². The molecule has 0 radical (unpaired) electrons. The standard InChI is InChI=1S/C18H24N6O6S/c1-11-3-8-14(23-31(27,28)13-6-4-12(29-2)5-7-13)17(26)24(11)15(16(19)25)9-10-30-22-18(20)21/h3-8,15,23H,9-10H2,1-2H3,(H2,19,25)(H4,20,21,22). The highest BCUT2D eigenvalue weighted by atomic mass is 32.2. The molecule has 0 saturated carbocycles. The largest absolute Gasteiger partial charge is 0.497 e. The molecule has 2 aromatic rings. The van der Waals surface area contributed by atoms with Gasteiger partial charge >= 0.3 is 0 Å². The summed E-state index contributed by atoms with van der Waals surface area (Å²) in [7, 11) is -2.62. The van der Waals surface area contributed by atoms with E-state index < -0.39 is 33.5 Å². The van der Waals surface area contributed by atoms with Crippen molar-refractivity contribution in [1.82, 2.24) is 10.0 Å². The summed E-state index contributed by atoms with van der Waals surface area (Å²) < 4.78 is 33.7. The molecule has 1 unspecified atom stereocenters. The number of benzene rings is 1. The van der Waals surface area contributed by atoms with E-state index in [1.54, 1.807) is 6.92 Å². The highest BCUT2D eigenvalue weighted by Gasteiger charge is 2.24. The molecule has 1 atom stereocenters. The summed E-state index contributed by atoms with van der Waals surface area (Å²) in [5, 5.41) is 7.02. The minimum atomic E-state index is -4.07. The Bertz CT molecular complexity index is 1110. The maximum atomic E-state index is 13.0. The fourth-order valence-electron chi connectivity index (χ4n) is 2.77. The Kier molecular flexibility index (Phi) is 7.61. The number of primary amides is 1. The normalized spacial score (nSPS) is 12.1. The second-order valence-electron chi connectivity index (χ2n) is 6.42. The molecular weight excluding hydrogens is 428 g/mol. The van der Waals surface area contributed by atoms with E-state index >= 15 is 0 Å². The lowest BCUT2D eigenvalue weighted by Crippen LogP contribution is -2.38. The number of sulfonamides is 1. The molecule has 0 aliphatic rings. The first-order chi connectivity index (χ1) is 14.6. The topological polar surface area (TPSA) is 192 Å². The zero-order valence-corrected chi connectivity index (χ0v) is 17.7. The van der Waals surface area contributed by atoms with Gasteiger partial charge in [0.25, 0.3) is 15.6 Å². The minimum absolute atomic E-state index is 0.0228. The van der Waals surface area contributed by atoms with Crippen molar-refractivity contribution in [1.29, 1.82) is 5.41 Å². The lowest BCUT2D eigenvalue weighted by Gasteiger charge is -2.20. The summed E-state index contributed by atoms with van der Waals surface area (Å²) in [5.41, 5.74) is 12.0. The van der Waals surface area contributed by atoms with Crippen LogP contribution < -0.4 is 32.0 Å². The molecule has 0 bridgehead atoms. The molecule has 1 aromatic heterocycles. The van der Waals surface area contributed by atoms with Crippen molar-refractivity contribution < 1.29 is 22.8 Å². The molecule has 168 valence electrons. The van der Waals surface area contributed by atoms with E-state index in [4.69, 9.17) is 26.5 Å². The summed E-state index contributed by atoms with van der Waals surface area (Å²) in [4.78, 5) is 29.8. The second kappa shape index (κ2) is 9.95. The van der Waals surface area contributed by atoms with Crippen LogP contribution in [0, 0.1) is 12.3 Å². The van der Waals surface area contributed by atoms with E-state index in [1.807, 2.05) is 0 Å². The number of carbonyl (C=O) groups excluding carboxylic acids is 1. The van der Waals surface area contributed by atoms with Crippen LogP contribution in [0.5, 0.6) is 5.75 Å². The number of guanidine groups is 1. The molecule has 0 aliphatic heterocycles. The van der Waals surface area contributed by atoms with Crippen molar-refractivity contribution in [3.05, 3.63) is 52.4 Å². The van der Waals surface area contributed by atoms with Crippen LogP contribution in [0.2, 0.25) is 0 Å². The lowest BCUT2D eigenvalue weighted by atomic mass is 10.1. The van der Waals surface area contributed by atoms with E-state index in [9.17, 15) is 18.0 Å². The number of nitrogens with one attached hydrogen (secondary N) is 3. The van der Waals surface area contributed by atoms with Crippen LogP contribution in [-0.4, -0.2) is 38.6 Å². The van der Waals surface area contributed by atoms with Crippen molar-refractivity contribution in [2.45, 2.75) is 24.3 Å². The number of hydroxylamine groups is 1. The number of ether oxygens (including phenoxy) is 1. The van der Waals surface area contributed by atoms with Crippen molar-refractivity contribution in [2.24, 2.45) is 11.5 Å². The summed E-state index contributed by atoms with van der Waals surface area (Å²) in [5.74, 6) is -0.770. The predicted octanol–water partition coefficient (Wildman–Crippen LogP) is -0.203. The Morgan fingerprint density at radius 2 is 1.84 bits per heavy atom. The molecule has 31 heavy (non-hydrogen) atoms. The van der Waals surface area contributed by atoms with Crippen molar-refractivity contribution in [3.8, 4) is 5.75 Å². The summed E-state index contributed by atoms with van der Waals surface area (Å²) in [6, 6.07) is 7.28. The number of hydrogen-bond donors (Lipinski definition) is 5. The fraction of sp³-hybridized carbons (Fsp3) is 0.278. The molecule has 0 saturated heterocycles. The average molecular weight is 452 g/mol. The van der Waals surface area contributed by atoms with Gasteiger partial charge in [0.1, 0.15) is 17.5 Å². The molecule has 2 rings (SSSR count). The van der Waals surface area contributed by atoms with Gasteiger partial charge in [-0.3, -0.25) is 29.1 Å². The van der Waals surface area contributed by atoms with Gasteiger partial charge in [0.2, 0.25) is 11.9 Å². The lowest BCUT2D eigenvalue weighted by molar-refractivity contribution is -0.122. The van der Waals surface area contributed by atoms with Crippen LogP contribution in [-0.2, 0) is 19.7 Å². The number of aromatic nitrogens is 1. The number of amides is 1. The molecule has 1 aromatic carbocycles. The van der Waals surface area contributed by atoms with E-state index in [1.165, 1.54) is 43.5 Å². The Labute approximate surface area is 178 Å². The zero-order chi connectivity index (χ0) is 23.2. The van der Waals surface area contributed by atoms with Gasteiger partial charge in [-0.15, -0.1) is 0 Å². The fourth-order valence-corrected chi connectivity index (χ4v) is 3.82. The number of anilines is 1. The van der Waals surface area contributed by atoms with Crippen LogP contribution in [0.15, 0.2) is 46.1 Å². The molecule has 12 nitrogen and oxygen atoms in total. The smallest absolute Gasteiger partial charge is 0.275 e. The number of nitrogens with zero attached hydrogens (tertiary/aromatic N) is 1. The molecule has 0 spiro atoms. The molecule has 1 heterocycles. The highest BCUT2D eigenvalue weighted by molar-refractivity contribution is 7.92. The number of nitrogens with two attached hydrogens (primary N) is 2. The quantitative estimate of drug-likeness (QED) is 0.141. The van der Waals surface area contributed by atoms with Crippen molar-refractivity contribution >= 4 is 27.6 Å². The van der Waals surface area contributed by atoms with Crippen molar-refractivity contribution in [2.75, 3.05) is 18.4 Å². The highest BCUT2D eigenvalue weighted by Crippen LogP contribution is 2.19. The van der Waals surface area contributed by atoms with Gasteiger partial charge in [0.05, 0.1) is 18.6 Å². The van der Waals surface area contributed by atoms with E-state index in [0.29, 0.717) is 11.4 Å². The van der Waals surface area contributed by atoms with Gasteiger partial charge in [-0.05, 0) is 43.3 Å². The maximum absolute atomic E-state index is 13.0. The SMILES string of the molecule is COc1ccc(S(=O)(=O)Nc2ccc(C)n(C(CCONC(=N)N)C(N)=O)c2=O)cc1. The Hall–Kier alpha value is -3.58. The first-order valence-corrected chi connectivity index (χ1v) is 10.4. The van der Waals surface area contributed by atoms with Gasteiger partial charge in [-0.2, -0.15) is 0 Å². The van der Waals surface area contributed by atoms with Crippen LogP contribution >= 0.6 is 0 Å². The number of aryl methyl sites for hydroxylation is 1. The van der Waals surface area contributed by atoms with E-state index in [-0.39, 0.29) is 23.6 Å². The molecule has 0 aliphatic carbocycles. The van der Waals surface area contributed by atoms with Gasteiger partial charge in [0, 0.05) is 12.1 Å². The summed E-state index contributed by atoms with van der Waals surface area (Å²) in [6.45, 7) is 1.48. The van der Waals surface area contributed by atoms with Crippen LogP contribution in [0.3, 0.4) is 0 Å². The summed E-state index contributed by atoms with van der Waals surface area (Å²) >= 11 is 0. The first kappa shape index (κ1) is 23.7. The monoisotopic (exact) mass is 452 g/mol. The van der Waals surface area contributed by atoms with E-state index in [0.717, 1.165) is 4.57 Å². The molecule has 1 amide bonds. The second-order valence-corrected chi connectivity index (χ2v) is 8.10. The van der Waals surface area contributed by atoms with E-state index in [2.05, 4.69) is 10.2 Å². The zero-order valence-electron chi connectivity index (χ0n) is 16.9. The maximum Gasteiger partial charge on any atom is 0.275 e. The number of methoxy groups -OCH3 is 1. The van der Waals surface area contributed by atoms with Crippen LogP contribution in [0.25, 0.3) is 0 Å². The number of rotatable bonds is 10. The van der Waals surface area contributed by atoms with Crippen LogP contribution in [0.4, 0.5) is 5.69 Å². The Morgan fingerprint density at radius 3 is 2.39 bits per heavy atom. The minimum Gasteiger partial charge on any atom is -0.497 e. The molecular formula is C18H24N6O6S. The predicted molar refractivity (Wildman–Crippen MR) is 113 cm³/mol. The third kappa shape index (κ3) is 5.96. The molecule has 0 fully saturated rings. The third-order valence-electron chi connectivity index (χ3n) is 4.25. The number of carbonyl (C=O) groups is 1. The molecule has 13 heteroatoms.